The number of aliphatic hydroxyl groups excluding tert-OH is 2. The van der Waals surface area contributed by atoms with Crippen molar-refractivity contribution in [2.75, 3.05) is 19.7 Å². The van der Waals surface area contributed by atoms with Crippen LogP contribution in [-0.4, -0.2) is 48.0 Å². The van der Waals surface area contributed by atoms with E-state index in [1.807, 2.05) is 0 Å². The molecule has 0 aliphatic rings. The predicted molar refractivity (Wildman–Crippen MR) is 43.1 cm³/mol. The highest BCUT2D eigenvalue weighted by atomic mass is 16.3. The van der Waals surface area contributed by atoms with Crippen molar-refractivity contribution >= 4 is 5.91 Å². The Bertz CT molecular complexity index is 142. The second-order valence-corrected chi connectivity index (χ2v) is 2.50. The molecule has 0 bridgehead atoms. The van der Waals surface area contributed by atoms with Crippen molar-refractivity contribution < 1.29 is 15.0 Å². The molecule has 0 aliphatic carbocycles. The fourth-order valence-electron chi connectivity index (χ4n) is 0.571. The monoisotopic (exact) mass is 177 g/mol. The van der Waals surface area contributed by atoms with Crippen LogP contribution in [0, 0.1) is 0 Å². The molecular formula is C6H15N3O3. The molecule has 0 aromatic carbocycles. The highest BCUT2D eigenvalue weighted by Gasteiger charge is 2.08. The first-order chi connectivity index (χ1) is 5.57. The maximum atomic E-state index is 10.4. The Morgan fingerprint density at radius 1 is 1.50 bits per heavy atom. The lowest BCUT2D eigenvalue weighted by molar-refractivity contribution is -0.119. The Hall–Kier alpha value is -0.690. The average molecular weight is 177 g/mol. The molecule has 0 rings (SSSR count). The van der Waals surface area contributed by atoms with Crippen LogP contribution in [0.4, 0.5) is 0 Å². The molecule has 0 heterocycles. The number of carbonyl (C=O) groups excluding carboxylic acids is 1. The SMILES string of the molecule is NC(=O)C(N)CNCC(O)CO. The molecule has 0 saturated heterocycles. The van der Waals surface area contributed by atoms with Gasteiger partial charge in [0.15, 0.2) is 0 Å². The first kappa shape index (κ1) is 11.3. The Morgan fingerprint density at radius 3 is 2.50 bits per heavy atom. The van der Waals surface area contributed by atoms with Gasteiger partial charge >= 0.3 is 0 Å². The molecule has 12 heavy (non-hydrogen) atoms. The van der Waals surface area contributed by atoms with Crippen LogP contribution in [0.25, 0.3) is 0 Å². The zero-order valence-electron chi connectivity index (χ0n) is 6.73. The predicted octanol–water partition coefficient (Wildman–Crippen LogP) is -3.26. The minimum absolute atomic E-state index is 0.192. The van der Waals surface area contributed by atoms with Crippen LogP contribution in [-0.2, 0) is 4.79 Å². The van der Waals surface area contributed by atoms with E-state index < -0.39 is 18.1 Å². The lowest BCUT2D eigenvalue weighted by Gasteiger charge is -2.11. The largest absolute Gasteiger partial charge is 0.394 e. The zero-order chi connectivity index (χ0) is 9.56. The van der Waals surface area contributed by atoms with Crippen molar-refractivity contribution in [1.29, 1.82) is 0 Å². The van der Waals surface area contributed by atoms with E-state index in [2.05, 4.69) is 5.32 Å². The van der Waals surface area contributed by atoms with Gasteiger partial charge in [-0.25, -0.2) is 0 Å². The molecule has 2 atom stereocenters. The topological polar surface area (TPSA) is 122 Å². The highest BCUT2D eigenvalue weighted by molar-refractivity contribution is 5.79. The molecular weight excluding hydrogens is 162 g/mol. The van der Waals surface area contributed by atoms with Crippen molar-refractivity contribution in [3.05, 3.63) is 0 Å². The molecule has 0 saturated carbocycles. The van der Waals surface area contributed by atoms with Gasteiger partial charge in [0.2, 0.25) is 5.91 Å². The molecule has 2 unspecified atom stereocenters. The van der Waals surface area contributed by atoms with Crippen LogP contribution in [0.5, 0.6) is 0 Å². The number of aliphatic hydroxyl groups is 2. The maximum Gasteiger partial charge on any atom is 0.235 e. The van der Waals surface area contributed by atoms with Crippen molar-refractivity contribution in [3.8, 4) is 0 Å². The third kappa shape index (κ3) is 5.03. The minimum atomic E-state index is -0.829. The van der Waals surface area contributed by atoms with Crippen LogP contribution < -0.4 is 16.8 Å². The van der Waals surface area contributed by atoms with Gasteiger partial charge in [-0.05, 0) is 0 Å². The Labute approximate surface area is 70.5 Å². The van der Waals surface area contributed by atoms with E-state index in [1.54, 1.807) is 0 Å². The second-order valence-electron chi connectivity index (χ2n) is 2.50. The Balaban J connectivity index is 3.37. The van der Waals surface area contributed by atoms with Crippen molar-refractivity contribution in [2.45, 2.75) is 12.1 Å². The molecule has 6 heteroatoms. The van der Waals surface area contributed by atoms with Gasteiger partial charge in [-0.1, -0.05) is 0 Å². The number of rotatable bonds is 6. The van der Waals surface area contributed by atoms with Gasteiger partial charge in [-0.3, -0.25) is 4.79 Å². The lowest BCUT2D eigenvalue weighted by atomic mass is 10.3. The quantitative estimate of drug-likeness (QED) is 0.291. The zero-order valence-corrected chi connectivity index (χ0v) is 6.73. The summed E-state index contributed by atoms with van der Waals surface area (Å²) in [6, 6.07) is -0.754. The van der Waals surface area contributed by atoms with Crippen LogP contribution in [0.2, 0.25) is 0 Å². The summed E-state index contributed by atoms with van der Waals surface area (Å²) in [6.07, 6.45) is -0.829. The van der Waals surface area contributed by atoms with E-state index in [0.29, 0.717) is 0 Å². The second kappa shape index (κ2) is 5.90. The van der Waals surface area contributed by atoms with E-state index in [1.165, 1.54) is 0 Å². The van der Waals surface area contributed by atoms with E-state index in [9.17, 15) is 4.79 Å². The normalized spacial score (nSPS) is 15.6. The number of primary amides is 1. The molecule has 6 nitrogen and oxygen atoms in total. The van der Waals surface area contributed by atoms with Gasteiger partial charge in [0, 0.05) is 13.1 Å². The van der Waals surface area contributed by atoms with E-state index >= 15 is 0 Å². The van der Waals surface area contributed by atoms with E-state index in [4.69, 9.17) is 21.7 Å². The maximum absolute atomic E-state index is 10.4. The number of carbonyl (C=O) groups is 1. The summed E-state index contributed by atoms with van der Waals surface area (Å²) < 4.78 is 0. The van der Waals surface area contributed by atoms with Crippen molar-refractivity contribution in [3.63, 3.8) is 0 Å². The molecule has 0 aromatic rings. The summed E-state index contributed by atoms with van der Waals surface area (Å²) in [5, 5.41) is 19.9. The third-order valence-corrected chi connectivity index (χ3v) is 1.32. The van der Waals surface area contributed by atoms with Crippen LogP contribution in [0.1, 0.15) is 0 Å². The van der Waals surface area contributed by atoms with E-state index in [-0.39, 0.29) is 19.7 Å². The molecule has 0 radical (unpaired) electrons. The number of nitrogens with two attached hydrogens (primary N) is 2. The van der Waals surface area contributed by atoms with Gasteiger partial charge in [0.05, 0.1) is 18.8 Å². The summed E-state index contributed by atoms with van der Waals surface area (Å²) in [4.78, 5) is 10.4. The average Bonchev–Trinajstić information content (AvgIpc) is 2.03. The summed E-state index contributed by atoms with van der Waals surface area (Å²) in [6.45, 7) is 0.0721. The molecule has 0 aromatic heterocycles. The Kier molecular flexibility index (Phi) is 5.56. The van der Waals surface area contributed by atoms with Crippen LogP contribution >= 0.6 is 0 Å². The highest BCUT2D eigenvalue weighted by Crippen LogP contribution is 1.78. The molecule has 0 aliphatic heterocycles. The number of nitrogens with one attached hydrogen (secondary N) is 1. The number of hydrogen-bond donors (Lipinski definition) is 5. The van der Waals surface area contributed by atoms with Gasteiger partial charge < -0.3 is 27.0 Å². The van der Waals surface area contributed by atoms with Gasteiger partial charge in [0.25, 0.3) is 0 Å². The first-order valence-electron chi connectivity index (χ1n) is 3.62. The fourth-order valence-corrected chi connectivity index (χ4v) is 0.571. The smallest absolute Gasteiger partial charge is 0.235 e. The summed E-state index contributed by atoms with van der Waals surface area (Å²) in [7, 11) is 0. The lowest BCUT2D eigenvalue weighted by Crippen LogP contribution is -2.46. The van der Waals surface area contributed by atoms with Crippen LogP contribution in [0.15, 0.2) is 0 Å². The molecule has 0 fully saturated rings. The van der Waals surface area contributed by atoms with Gasteiger partial charge in [0.1, 0.15) is 0 Å². The Morgan fingerprint density at radius 2 is 2.08 bits per heavy atom. The summed E-state index contributed by atoms with van der Waals surface area (Å²) >= 11 is 0. The van der Waals surface area contributed by atoms with Gasteiger partial charge in [-0.15, -0.1) is 0 Å². The van der Waals surface area contributed by atoms with Crippen molar-refractivity contribution in [1.82, 2.24) is 5.32 Å². The van der Waals surface area contributed by atoms with Crippen molar-refractivity contribution in [2.24, 2.45) is 11.5 Å². The summed E-state index contributed by atoms with van der Waals surface area (Å²) in [5.74, 6) is -0.596. The van der Waals surface area contributed by atoms with Crippen LogP contribution in [0.3, 0.4) is 0 Å². The standard InChI is InChI=1S/C6H15N3O3/c7-5(6(8)12)2-9-1-4(11)3-10/h4-5,9-11H,1-3,7H2,(H2,8,12). The third-order valence-electron chi connectivity index (χ3n) is 1.32. The molecule has 7 N–H and O–H groups in total. The number of hydrogen-bond acceptors (Lipinski definition) is 5. The molecule has 0 spiro atoms. The van der Waals surface area contributed by atoms with E-state index in [0.717, 1.165) is 0 Å². The number of amides is 1. The minimum Gasteiger partial charge on any atom is -0.394 e. The fraction of sp³-hybridized carbons (Fsp3) is 0.833. The molecule has 72 valence electrons. The molecule has 1 amide bonds. The first-order valence-corrected chi connectivity index (χ1v) is 3.62. The van der Waals surface area contributed by atoms with Gasteiger partial charge in [-0.2, -0.15) is 0 Å². The summed E-state index contributed by atoms with van der Waals surface area (Å²) in [5.41, 5.74) is 10.1.